The van der Waals surface area contributed by atoms with Crippen LogP contribution in [0, 0.1) is 5.41 Å². The summed E-state index contributed by atoms with van der Waals surface area (Å²) in [7, 11) is 0. The van der Waals surface area contributed by atoms with E-state index in [4.69, 9.17) is 5.11 Å². The van der Waals surface area contributed by atoms with Crippen LogP contribution in [0.15, 0.2) is 30.3 Å². The molecule has 2 N–H and O–H groups in total. The molecule has 0 unspecified atom stereocenters. The van der Waals surface area contributed by atoms with Gasteiger partial charge in [-0.1, -0.05) is 44.2 Å². The van der Waals surface area contributed by atoms with Crippen molar-refractivity contribution in [2.24, 2.45) is 5.41 Å². The number of carboxylic acid groups (broad SMARTS) is 1. The largest absolute Gasteiger partial charge is 0.480 e. The average Bonchev–Trinajstić information content (AvgIpc) is 2.98. The van der Waals surface area contributed by atoms with Crippen LogP contribution in [-0.4, -0.2) is 23.2 Å². The number of benzene rings is 1. The topological polar surface area (TPSA) is 59.2 Å². The predicted molar refractivity (Wildman–Crippen MR) is 62.3 cm³/mol. The molecule has 0 bridgehead atoms. The lowest BCUT2D eigenvalue weighted by molar-refractivity contribution is -0.136. The Balaban J connectivity index is 2.02. The second kappa shape index (κ2) is 3.91. The molecule has 3 heteroatoms. The van der Waals surface area contributed by atoms with Crippen LogP contribution in [0.3, 0.4) is 0 Å². The number of hydrogen-bond acceptors (Lipinski definition) is 2. The lowest BCUT2D eigenvalue weighted by Gasteiger charge is -2.23. The summed E-state index contributed by atoms with van der Waals surface area (Å²) in [6.07, 6.45) is 0.898. The molecule has 1 fully saturated rings. The molecule has 1 aromatic carbocycles. The Kier molecular flexibility index (Phi) is 2.72. The van der Waals surface area contributed by atoms with Crippen molar-refractivity contribution in [2.45, 2.75) is 32.4 Å². The molecule has 1 heterocycles. The molecule has 3 nitrogen and oxygen atoms in total. The van der Waals surface area contributed by atoms with Gasteiger partial charge < -0.3 is 5.11 Å². The summed E-state index contributed by atoms with van der Waals surface area (Å²) >= 11 is 0. The van der Waals surface area contributed by atoms with Gasteiger partial charge in [-0.2, -0.15) is 0 Å². The highest BCUT2D eigenvalue weighted by molar-refractivity contribution is 5.78. The fourth-order valence-corrected chi connectivity index (χ4v) is 2.26. The second-order valence-electron chi connectivity index (χ2n) is 5.11. The Morgan fingerprint density at radius 3 is 2.50 bits per heavy atom. The van der Waals surface area contributed by atoms with E-state index >= 15 is 0 Å². The number of carboxylic acids is 1. The summed E-state index contributed by atoms with van der Waals surface area (Å²) in [6, 6.07) is 9.91. The summed E-state index contributed by atoms with van der Waals surface area (Å²) in [5.41, 5.74) is 1.23. The number of hydrogen-bond donors (Lipinski definition) is 2. The van der Waals surface area contributed by atoms with E-state index in [1.54, 1.807) is 0 Å². The quantitative estimate of drug-likeness (QED) is 0.757. The zero-order chi connectivity index (χ0) is 11.8. The highest BCUT2D eigenvalue weighted by Crippen LogP contribution is 2.35. The maximum Gasteiger partial charge on any atom is 0.322 e. The van der Waals surface area contributed by atoms with Gasteiger partial charge in [0.05, 0.1) is 0 Å². The molecule has 0 radical (unpaired) electrons. The van der Waals surface area contributed by atoms with Crippen LogP contribution < -0.4 is 5.32 Å². The maximum atomic E-state index is 10.8. The first-order chi connectivity index (χ1) is 7.50. The fourth-order valence-electron chi connectivity index (χ4n) is 2.26. The van der Waals surface area contributed by atoms with Crippen molar-refractivity contribution in [1.82, 2.24) is 5.32 Å². The van der Waals surface area contributed by atoms with Crippen molar-refractivity contribution in [2.75, 3.05) is 0 Å². The molecule has 0 aliphatic carbocycles. The molecule has 1 saturated heterocycles. The van der Waals surface area contributed by atoms with E-state index in [1.807, 2.05) is 18.2 Å². The minimum absolute atomic E-state index is 0.0234. The van der Waals surface area contributed by atoms with Crippen molar-refractivity contribution < 1.29 is 9.90 Å². The van der Waals surface area contributed by atoms with E-state index in [0.717, 1.165) is 6.42 Å². The third kappa shape index (κ3) is 2.25. The molecular weight excluding hydrogens is 202 g/mol. The zero-order valence-electron chi connectivity index (χ0n) is 9.60. The Labute approximate surface area is 95.5 Å². The van der Waals surface area contributed by atoms with E-state index in [0.29, 0.717) is 0 Å². The monoisotopic (exact) mass is 219 g/mol. The van der Waals surface area contributed by atoms with Gasteiger partial charge in [-0.15, -0.1) is 0 Å². The highest BCUT2D eigenvalue weighted by atomic mass is 16.4. The molecule has 1 aliphatic heterocycles. The number of rotatable bonds is 4. The number of aliphatic carboxylic acids is 1. The van der Waals surface area contributed by atoms with Gasteiger partial charge in [0.15, 0.2) is 0 Å². The molecule has 0 saturated carbocycles. The van der Waals surface area contributed by atoms with Crippen molar-refractivity contribution in [3.63, 3.8) is 0 Å². The summed E-state index contributed by atoms with van der Waals surface area (Å²) in [5.74, 6) is -0.744. The van der Waals surface area contributed by atoms with Crippen molar-refractivity contribution in [1.29, 1.82) is 0 Å². The minimum Gasteiger partial charge on any atom is -0.480 e. The molecular formula is C13H17NO2. The normalized spacial score (nSPS) is 24.1. The van der Waals surface area contributed by atoms with E-state index in [9.17, 15) is 4.79 Å². The summed E-state index contributed by atoms with van der Waals surface area (Å²) in [4.78, 5) is 10.8. The summed E-state index contributed by atoms with van der Waals surface area (Å²) in [6.45, 7) is 4.22. The van der Waals surface area contributed by atoms with E-state index in [-0.39, 0.29) is 17.5 Å². The SMILES string of the molecule is CC(C)(Cc1ccccc1)[C@@H]1N[C@@H]1C(=O)O. The first kappa shape index (κ1) is 11.1. The Hall–Kier alpha value is -1.35. The standard InChI is InChI=1S/C13H17NO2/c1-13(2,11-10(14-11)12(15)16)8-9-6-4-3-5-7-9/h3-7,10-11,14H,8H2,1-2H3,(H,15,16)/t10-,11+/m0/s1. The molecule has 86 valence electrons. The van der Waals surface area contributed by atoms with Crippen molar-refractivity contribution in [3.05, 3.63) is 35.9 Å². The number of carbonyl (C=O) groups is 1. The van der Waals surface area contributed by atoms with Crippen LogP contribution in [0.4, 0.5) is 0 Å². The van der Waals surface area contributed by atoms with Crippen LogP contribution in [-0.2, 0) is 11.2 Å². The van der Waals surface area contributed by atoms with Gasteiger partial charge in [0.25, 0.3) is 0 Å². The molecule has 2 atom stereocenters. The minimum atomic E-state index is -0.744. The lowest BCUT2D eigenvalue weighted by atomic mass is 9.81. The van der Waals surface area contributed by atoms with Gasteiger partial charge in [0.2, 0.25) is 0 Å². The van der Waals surface area contributed by atoms with Crippen molar-refractivity contribution >= 4 is 5.97 Å². The van der Waals surface area contributed by atoms with Crippen LogP contribution in [0.2, 0.25) is 0 Å². The third-order valence-electron chi connectivity index (χ3n) is 3.19. The predicted octanol–water partition coefficient (Wildman–Crippen LogP) is 1.68. The average molecular weight is 219 g/mol. The fraction of sp³-hybridized carbons (Fsp3) is 0.462. The zero-order valence-corrected chi connectivity index (χ0v) is 9.60. The van der Waals surface area contributed by atoms with E-state index < -0.39 is 5.97 Å². The van der Waals surface area contributed by atoms with Crippen LogP contribution in [0.5, 0.6) is 0 Å². The van der Waals surface area contributed by atoms with Gasteiger partial charge in [0, 0.05) is 6.04 Å². The third-order valence-corrected chi connectivity index (χ3v) is 3.19. The van der Waals surface area contributed by atoms with E-state index in [1.165, 1.54) is 5.56 Å². The Morgan fingerprint density at radius 1 is 1.38 bits per heavy atom. The highest BCUT2D eigenvalue weighted by Gasteiger charge is 2.51. The molecule has 16 heavy (non-hydrogen) atoms. The van der Waals surface area contributed by atoms with Gasteiger partial charge in [-0.05, 0) is 17.4 Å². The molecule has 2 rings (SSSR count). The molecule has 1 aromatic rings. The Bertz CT molecular complexity index is 386. The first-order valence-electron chi connectivity index (χ1n) is 5.53. The lowest BCUT2D eigenvalue weighted by Crippen LogP contribution is -2.26. The van der Waals surface area contributed by atoms with E-state index in [2.05, 4.69) is 31.3 Å². The number of nitrogens with one attached hydrogen (secondary N) is 1. The Morgan fingerprint density at radius 2 is 2.00 bits per heavy atom. The van der Waals surface area contributed by atoms with Gasteiger partial charge in [0.1, 0.15) is 6.04 Å². The molecule has 0 amide bonds. The van der Waals surface area contributed by atoms with Crippen LogP contribution in [0.1, 0.15) is 19.4 Å². The molecule has 0 spiro atoms. The first-order valence-corrected chi connectivity index (χ1v) is 5.53. The van der Waals surface area contributed by atoms with Gasteiger partial charge in [-0.3, -0.25) is 10.1 Å². The smallest absolute Gasteiger partial charge is 0.322 e. The summed E-state index contributed by atoms with van der Waals surface area (Å²) in [5, 5.41) is 11.9. The molecule has 1 aliphatic rings. The summed E-state index contributed by atoms with van der Waals surface area (Å²) < 4.78 is 0. The maximum absolute atomic E-state index is 10.8. The van der Waals surface area contributed by atoms with Crippen LogP contribution >= 0.6 is 0 Å². The van der Waals surface area contributed by atoms with Gasteiger partial charge in [-0.25, -0.2) is 0 Å². The second-order valence-corrected chi connectivity index (χ2v) is 5.11. The van der Waals surface area contributed by atoms with Crippen molar-refractivity contribution in [3.8, 4) is 0 Å². The van der Waals surface area contributed by atoms with Gasteiger partial charge >= 0.3 is 5.97 Å². The molecule has 0 aromatic heterocycles. The van der Waals surface area contributed by atoms with Crippen LogP contribution in [0.25, 0.3) is 0 Å².